The highest BCUT2D eigenvalue weighted by molar-refractivity contribution is 7.13. The van der Waals surface area contributed by atoms with E-state index in [4.69, 9.17) is 0 Å². The minimum atomic E-state index is 0.800. The van der Waals surface area contributed by atoms with Crippen LogP contribution in [0.15, 0.2) is 35.8 Å². The molecule has 0 aliphatic heterocycles. The Bertz CT molecular complexity index is 452. The Morgan fingerprint density at radius 1 is 1.00 bits per heavy atom. The van der Waals surface area contributed by atoms with Crippen molar-refractivity contribution in [2.75, 3.05) is 0 Å². The van der Waals surface area contributed by atoms with Crippen molar-refractivity contribution in [3.05, 3.63) is 41.4 Å². The minimum absolute atomic E-state index is 0.800. The van der Waals surface area contributed by atoms with Crippen LogP contribution in [0.5, 0.6) is 0 Å². The first-order valence-corrected chi connectivity index (χ1v) is 7.31. The largest absolute Gasteiger partial charge is 0.245 e. The molecule has 1 saturated carbocycles. The molecule has 0 amide bonds. The van der Waals surface area contributed by atoms with E-state index in [1.807, 2.05) is 11.6 Å². The Balaban J connectivity index is 1.80. The average Bonchev–Trinajstić information content (AvgIpc) is 2.94. The van der Waals surface area contributed by atoms with Crippen LogP contribution in [0.1, 0.15) is 43.6 Å². The lowest BCUT2D eigenvalue weighted by molar-refractivity contribution is 0.443. The monoisotopic (exact) mass is 243 g/mol. The highest BCUT2D eigenvalue weighted by Crippen LogP contribution is 2.33. The molecule has 1 aliphatic rings. The second-order valence-electron chi connectivity index (χ2n) is 4.79. The fraction of sp³-hybridized carbons (Fsp3) is 0.400. The van der Waals surface area contributed by atoms with Crippen molar-refractivity contribution in [3.8, 4) is 10.6 Å². The minimum Gasteiger partial charge on any atom is -0.245 e. The molecule has 2 aromatic rings. The molecule has 0 bridgehead atoms. The molecular formula is C15H17NS. The summed E-state index contributed by atoms with van der Waals surface area (Å²) in [6, 6.07) is 9.05. The zero-order valence-electron chi connectivity index (χ0n) is 9.93. The maximum Gasteiger partial charge on any atom is 0.123 e. The predicted octanol–water partition coefficient (Wildman–Crippen LogP) is 4.86. The van der Waals surface area contributed by atoms with Crippen LogP contribution in [-0.4, -0.2) is 4.98 Å². The van der Waals surface area contributed by atoms with Gasteiger partial charge in [-0.2, -0.15) is 0 Å². The summed E-state index contributed by atoms with van der Waals surface area (Å²) in [5.74, 6) is 0.800. The fourth-order valence-electron chi connectivity index (χ4n) is 2.70. The van der Waals surface area contributed by atoms with Gasteiger partial charge < -0.3 is 0 Å². The van der Waals surface area contributed by atoms with E-state index in [0.717, 1.165) is 10.9 Å². The molecule has 0 radical (unpaired) electrons. The number of benzene rings is 1. The summed E-state index contributed by atoms with van der Waals surface area (Å²) >= 11 is 1.71. The Kier molecular flexibility index (Phi) is 3.23. The summed E-state index contributed by atoms with van der Waals surface area (Å²) in [6.07, 6.45) is 8.84. The smallest absolute Gasteiger partial charge is 0.123 e. The lowest BCUT2D eigenvalue weighted by Gasteiger charge is -2.21. The van der Waals surface area contributed by atoms with Crippen LogP contribution in [-0.2, 0) is 0 Å². The van der Waals surface area contributed by atoms with E-state index in [-0.39, 0.29) is 0 Å². The number of rotatable bonds is 2. The van der Waals surface area contributed by atoms with Crippen molar-refractivity contribution >= 4 is 11.3 Å². The molecule has 0 N–H and O–H groups in total. The van der Waals surface area contributed by atoms with E-state index in [2.05, 4.69) is 29.2 Å². The lowest BCUT2D eigenvalue weighted by atomic mass is 9.84. The van der Waals surface area contributed by atoms with Crippen LogP contribution >= 0.6 is 11.3 Å². The molecule has 1 nitrogen and oxygen atoms in total. The topological polar surface area (TPSA) is 12.9 Å². The molecule has 3 rings (SSSR count). The van der Waals surface area contributed by atoms with Crippen molar-refractivity contribution in [3.63, 3.8) is 0 Å². The molecule has 1 aliphatic carbocycles. The van der Waals surface area contributed by atoms with Crippen LogP contribution in [0.3, 0.4) is 0 Å². The number of thiazole rings is 1. The molecule has 1 fully saturated rings. The van der Waals surface area contributed by atoms with Crippen molar-refractivity contribution in [1.82, 2.24) is 4.98 Å². The molecule has 17 heavy (non-hydrogen) atoms. The maximum absolute atomic E-state index is 4.35. The van der Waals surface area contributed by atoms with E-state index >= 15 is 0 Å². The third-order valence-corrected chi connectivity index (χ3v) is 4.49. The number of aromatic nitrogens is 1. The zero-order chi connectivity index (χ0) is 11.5. The number of hydrogen-bond acceptors (Lipinski definition) is 2. The van der Waals surface area contributed by atoms with Gasteiger partial charge in [-0.1, -0.05) is 43.5 Å². The zero-order valence-corrected chi connectivity index (χ0v) is 10.7. The first kappa shape index (κ1) is 11.0. The number of hydrogen-bond donors (Lipinski definition) is 0. The lowest BCUT2D eigenvalue weighted by Crippen LogP contribution is -2.04. The van der Waals surface area contributed by atoms with Crippen LogP contribution < -0.4 is 0 Å². The van der Waals surface area contributed by atoms with Gasteiger partial charge in [0, 0.05) is 17.1 Å². The van der Waals surface area contributed by atoms with Crippen molar-refractivity contribution in [2.45, 2.75) is 38.0 Å². The fourth-order valence-corrected chi connectivity index (χ4v) is 3.34. The standard InChI is InChI=1S/C15H17NS/c1-2-4-12(5-3-1)13-6-8-14(9-7-13)15-16-10-11-17-15/h6-12H,1-5H2. The summed E-state index contributed by atoms with van der Waals surface area (Å²) in [5.41, 5.74) is 2.77. The second-order valence-corrected chi connectivity index (χ2v) is 5.69. The first-order chi connectivity index (χ1) is 8.43. The van der Waals surface area contributed by atoms with Crippen LogP contribution in [0.4, 0.5) is 0 Å². The third-order valence-electron chi connectivity index (χ3n) is 3.67. The third kappa shape index (κ3) is 2.42. The second kappa shape index (κ2) is 5.01. The summed E-state index contributed by atoms with van der Waals surface area (Å²) in [7, 11) is 0. The Hall–Kier alpha value is -1.15. The Labute approximate surface area is 107 Å². The quantitative estimate of drug-likeness (QED) is 0.734. The highest BCUT2D eigenvalue weighted by atomic mass is 32.1. The van der Waals surface area contributed by atoms with Gasteiger partial charge in [-0.25, -0.2) is 4.98 Å². The van der Waals surface area contributed by atoms with Crippen molar-refractivity contribution < 1.29 is 0 Å². The molecule has 0 atom stereocenters. The van der Waals surface area contributed by atoms with Crippen LogP contribution in [0, 0.1) is 0 Å². The van der Waals surface area contributed by atoms with Crippen LogP contribution in [0.25, 0.3) is 10.6 Å². The van der Waals surface area contributed by atoms with Gasteiger partial charge in [-0.15, -0.1) is 11.3 Å². The molecule has 0 saturated heterocycles. The van der Waals surface area contributed by atoms with Gasteiger partial charge in [0.05, 0.1) is 0 Å². The molecular weight excluding hydrogens is 226 g/mol. The van der Waals surface area contributed by atoms with E-state index in [1.54, 1.807) is 11.3 Å². The predicted molar refractivity (Wildman–Crippen MR) is 73.4 cm³/mol. The van der Waals surface area contributed by atoms with Gasteiger partial charge in [-0.3, -0.25) is 0 Å². The summed E-state index contributed by atoms with van der Waals surface area (Å²) in [4.78, 5) is 4.35. The van der Waals surface area contributed by atoms with E-state index in [0.29, 0.717) is 0 Å². The Morgan fingerprint density at radius 2 is 1.76 bits per heavy atom. The molecule has 0 spiro atoms. The summed E-state index contributed by atoms with van der Waals surface area (Å²) in [6.45, 7) is 0. The average molecular weight is 243 g/mol. The highest BCUT2D eigenvalue weighted by Gasteiger charge is 2.15. The van der Waals surface area contributed by atoms with E-state index in [9.17, 15) is 0 Å². The van der Waals surface area contributed by atoms with Crippen molar-refractivity contribution in [1.29, 1.82) is 0 Å². The Morgan fingerprint density at radius 3 is 2.41 bits per heavy atom. The molecule has 0 unspecified atom stereocenters. The molecule has 88 valence electrons. The first-order valence-electron chi connectivity index (χ1n) is 6.43. The van der Waals surface area contributed by atoms with E-state index < -0.39 is 0 Å². The number of nitrogens with zero attached hydrogens (tertiary/aromatic N) is 1. The van der Waals surface area contributed by atoms with E-state index in [1.165, 1.54) is 43.2 Å². The normalized spacial score (nSPS) is 17.2. The van der Waals surface area contributed by atoms with Gasteiger partial charge in [0.1, 0.15) is 5.01 Å². The van der Waals surface area contributed by atoms with Gasteiger partial charge in [0.25, 0.3) is 0 Å². The molecule has 1 heterocycles. The summed E-state index contributed by atoms with van der Waals surface area (Å²) in [5, 5.41) is 3.16. The van der Waals surface area contributed by atoms with Gasteiger partial charge >= 0.3 is 0 Å². The maximum atomic E-state index is 4.35. The van der Waals surface area contributed by atoms with Gasteiger partial charge in [0.15, 0.2) is 0 Å². The SMILES string of the molecule is c1csc(-c2ccc(C3CCCCC3)cc2)n1. The molecule has 2 heteroatoms. The van der Waals surface area contributed by atoms with Gasteiger partial charge in [0.2, 0.25) is 0 Å². The van der Waals surface area contributed by atoms with Crippen LogP contribution in [0.2, 0.25) is 0 Å². The van der Waals surface area contributed by atoms with Crippen molar-refractivity contribution in [2.24, 2.45) is 0 Å². The summed E-state index contributed by atoms with van der Waals surface area (Å²) < 4.78 is 0. The molecule has 1 aromatic heterocycles. The van der Waals surface area contributed by atoms with Gasteiger partial charge in [-0.05, 0) is 24.3 Å². The molecule has 1 aromatic carbocycles.